The van der Waals surface area contributed by atoms with Crippen LogP contribution in [0.2, 0.25) is 0 Å². The Hall–Kier alpha value is -1.80. The number of benzene rings is 2. The minimum Gasteiger partial charge on any atom is -0.394 e. The highest BCUT2D eigenvalue weighted by Crippen LogP contribution is 2.34. The van der Waals surface area contributed by atoms with Crippen molar-refractivity contribution >= 4 is 0 Å². The number of rotatable bonds is 4. The second-order valence-electron chi connectivity index (χ2n) is 6.19. The van der Waals surface area contributed by atoms with Crippen molar-refractivity contribution in [3.63, 3.8) is 0 Å². The fraction of sp³-hybridized carbons (Fsp3) is 0.368. The molecule has 25 heavy (non-hydrogen) atoms. The Morgan fingerprint density at radius 1 is 0.840 bits per heavy atom. The van der Waals surface area contributed by atoms with E-state index in [-0.39, 0.29) is 6.61 Å². The van der Waals surface area contributed by atoms with Crippen LogP contribution in [0.25, 0.3) is 11.1 Å². The molecule has 0 saturated carbocycles. The Kier molecular flexibility index (Phi) is 5.48. The maximum Gasteiger partial charge on any atom is 0.113 e. The highest BCUT2D eigenvalue weighted by molar-refractivity contribution is 5.68. The quantitative estimate of drug-likeness (QED) is 0.547. The lowest BCUT2D eigenvalue weighted by Crippen LogP contribution is -2.55. The van der Waals surface area contributed by atoms with Gasteiger partial charge in [-0.3, -0.25) is 0 Å². The molecule has 0 spiro atoms. The van der Waals surface area contributed by atoms with Crippen molar-refractivity contribution in [1.29, 1.82) is 0 Å². The van der Waals surface area contributed by atoms with Gasteiger partial charge in [0.2, 0.25) is 0 Å². The van der Waals surface area contributed by atoms with E-state index < -0.39 is 37.1 Å². The SMILES string of the molecule is OCc1ccccc1-c1cccc([C@H]2O[C@H](CO)[C@@H](O)[C@H](O)[C@@H]2O)c1. The van der Waals surface area contributed by atoms with E-state index in [1.54, 1.807) is 18.2 Å². The van der Waals surface area contributed by atoms with Crippen molar-refractivity contribution in [3.8, 4) is 11.1 Å². The summed E-state index contributed by atoms with van der Waals surface area (Å²) in [5.41, 5.74) is 3.08. The average molecular weight is 346 g/mol. The van der Waals surface area contributed by atoms with Gasteiger partial charge in [0, 0.05) is 0 Å². The number of hydrogen-bond donors (Lipinski definition) is 5. The molecule has 6 heteroatoms. The minimum atomic E-state index is -1.41. The highest BCUT2D eigenvalue weighted by atomic mass is 16.5. The predicted molar refractivity (Wildman–Crippen MR) is 90.5 cm³/mol. The van der Waals surface area contributed by atoms with Crippen molar-refractivity contribution in [2.24, 2.45) is 0 Å². The lowest BCUT2D eigenvalue weighted by molar-refractivity contribution is -0.231. The van der Waals surface area contributed by atoms with Crippen molar-refractivity contribution in [2.45, 2.75) is 37.1 Å². The molecule has 0 aliphatic carbocycles. The monoisotopic (exact) mass is 346 g/mol. The number of ether oxygens (including phenoxy) is 1. The standard InChI is InChI=1S/C19H22O6/c20-9-13-4-1-2-7-14(13)11-5-3-6-12(8-11)19-18(24)17(23)16(22)15(10-21)25-19/h1-8,15-24H,9-10H2/t15-,16-,17+,18+,19-/m1/s1. The first-order valence-corrected chi connectivity index (χ1v) is 8.16. The molecule has 0 aromatic heterocycles. The van der Waals surface area contributed by atoms with Crippen LogP contribution in [0.5, 0.6) is 0 Å². The van der Waals surface area contributed by atoms with Gasteiger partial charge in [0.05, 0.1) is 13.2 Å². The van der Waals surface area contributed by atoms with E-state index in [1.165, 1.54) is 0 Å². The van der Waals surface area contributed by atoms with Crippen molar-refractivity contribution in [1.82, 2.24) is 0 Å². The van der Waals surface area contributed by atoms with Crippen LogP contribution in [0.15, 0.2) is 48.5 Å². The van der Waals surface area contributed by atoms with Crippen LogP contribution in [-0.4, -0.2) is 56.6 Å². The fourth-order valence-electron chi connectivity index (χ4n) is 3.20. The topological polar surface area (TPSA) is 110 Å². The van der Waals surface area contributed by atoms with Crippen LogP contribution in [-0.2, 0) is 11.3 Å². The summed E-state index contributed by atoms with van der Waals surface area (Å²) >= 11 is 0. The number of aliphatic hydroxyl groups is 5. The molecule has 6 nitrogen and oxygen atoms in total. The van der Waals surface area contributed by atoms with Gasteiger partial charge in [0.25, 0.3) is 0 Å². The van der Waals surface area contributed by atoms with Gasteiger partial charge >= 0.3 is 0 Å². The summed E-state index contributed by atoms with van der Waals surface area (Å²) in [6.07, 6.45) is -5.94. The fourth-order valence-corrected chi connectivity index (χ4v) is 3.20. The van der Waals surface area contributed by atoms with Gasteiger partial charge in [0.15, 0.2) is 0 Å². The second kappa shape index (κ2) is 7.61. The first kappa shape index (κ1) is 18.0. The van der Waals surface area contributed by atoms with Gasteiger partial charge in [-0.15, -0.1) is 0 Å². The molecule has 1 saturated heterocycles. The molecule has 1 fully saturated rings. The smallest absolute Gasteiger partial charge is 0.113 e. The van der Waals surface area contributed by atoms with Gasteiger partial charge in [-0.1, -0.05) is 42.5 Å². The molecule has 0 unspecified atom stereocenters. The summed E-state index contributed by atoms with van der Waals surface area (Å²) in [5, 5.41) is 49.0. The van der Waals surface area contributed by atoms with Crippen LogP contribution in [0.1, 0.15) is 17.2 Å². The molecule has 1 heterocycles. The molecule has 0 radical (unpaired) electrons. The summed E-state index contributed by atoms with van der Waals surface area (Å²) in [5.74, 6) is 0. The van der Waals surface area contributed by atoms with Crippen LogP contribution < -0.4 is 0 Å². The summed E-state index contributed by atoms with van der Waals surface area (Å²) in [6, 6.07) is 14.7. The molecule has 2 aromatic carbocycles. The molecule has 5 atom stereocenters. The molecule has 1 aliphatic heterocycles. The number of hydrogen-bond acceptors (Lipinski definition) is 6. The van der Waals surface area contributed by atoms with Gasteiger partial charge in [-0.05, 0) is 28.3 Å². The van der Waals surface area contributed by atoms with Crippen LogP contribution >= 0.6 is 0 Å². The van der Waals surface area contributed by atoms with E-state index in [1.807, 2.05) is 30.3 Å². The predicted octanol–water partition coefficient (Wildman–Crippen LogP) is 0.361. The lowest BCUT2D eigenvalue weighted by atomic mass is 9.89. The Morgan fingerprint density at radius 3 is 2.32 bits per heavy atom. The third kappa shape index (κ3) is 3.46. The maximum absolute atomic E-state index is 10.3. The zero-order chi connectivity index (χ0) is 18.0. The lowest BCUT2D eigenvalue weighted by Gasteiger charge is -2.40. The zero-order valence-corrected chi connectivity index (χ0v) is 13.6. The Labute approximate surface area is 145 Å². The summed E-state index contributed by atoms with van der Waals surface area (Å²) < 4.78 is 5.60. The molecular formula is C19H22O6. The third-order valence-corrected chi connectivity index (χ3v) is 4.61. The molecule has 0 amide bonds. The second-order valence-corrected chi connectivity index (χ2v) is 6.19. The molecular weight excluding hydrogens is 324 g/mol. The van der Waals surface area contributed by atoms with E-state index >= 15 is 0 Å². The van der Waals surface area contributed by atoms with Crippen LogP contribution in [0.4, 0.5) is 0 Å². The molecule has 134 valence electrons. The highest BCUT2D eigenvalue weighted by Gasteiger charge is 2.43. The normalized spacial score (nSPS) is 29.6. The molecule has 2 aromatic rings. The van der Waals surface area contributed by atoms with Crippen LogP contribution in [0.3, 0.4) is 0 Å². The van der Waals surface area contributed by atoms with Crippen molar-refractivity contribution < 1.29 is 30.3 Å². The molecule has 5 N–H and O–H groups in total. The zero-order valence-electron chi connectivity index (χ0n) is 13.6. The third-order valence-electron chi connectivity index (χ3n) is 4.61. The van der Waals surface area contributed by atoms with E-state index in [0.29, 0.717) is 5.56 Å². The van der Waals surface area contributed by atoms with Crippen LogP contribution in [0, 0.1) is 0 Å². The molecule has 1 aliphatic rings. The first-order chi connectivity index (χ1) is 12.1. The molecule has 3 rings (SSSR count). The van der Waals surface area contributed by atoms with E-state index in [4.69, 9.17) is 4.74 Å². The van der Waals surface area contributed by atoms with E-state index in [0.717, 1.165) is 16.7 Å². The maximum atomic E-state index is 10.3. The number of aliphatic hydroxyl groups excluding tert-OH is 5. The summed E-state index contributed by atoms with van der Waals surface area (Å²) in [7, 11) is 0. The van der Waals surface area contributed by atoms with Gasteiger partial charge in [-0.25, -0.2) is 0 Å². The average Bonchev–Trinajstić information content (AvgIpc) is 2.66. The van der Waals surface area contributed by atoms with Crippen molar-refractivity contribution in [3.05, 3.63) is 59.7 Å². The van der Waals surface area contributed by atoms with Crippen molar-refractivity contribution in [2.75, 3.05) is 6.61 Å². The first-order valence-electron chi connectivity index (χ1n) is 8.16. The minimum absolute atomic E-state index is 0.0968. The van der Waals surface area contributed by atoms with Gasteiger partial charge in [-0.2, -0.15) is 0 Å². The van der Waals surface area contributed by atoms with E-state index in [9.17, 15) is 25.5 Å². The summed E-state index contributed by atoms with van der Waals surface area (Å²) in [6.45, 7) is -0.561. The van der Waals surface area contributed by atoms with Gasteiger partial charge in [0.1, 0.15) is 30.5 Å². The summed E-state index contributed by atoms with van der Waals surface area (Å²) in [4.78, 5) is 0. The molecule has 0 bridgehead atoms. The van der Waals surface area contributed by atoms with Gasteiger partial charge < -0.3 is 30.3 Å². The Morgan fingerprint density at radius 2 is 1.60 bits per heavy atom. The van der Waals surface area contributed by atoms with E-state index in [2.05, 4.69) is 0 Å². The largest absolute Gasteiger partial charge is 0.394 e. The Bertz CT molecular complexity index is 717. The Balaban J connectivity index is 1.96.